The van der Waals surface area contributed by atoms with Crippen molar-refractivity contribution in [3.05, 3.63) is 186 Å². The number of para-hydroxylation sites is 2. The van der Waals surface area contributed by atoms with E-state index in [1.165, 1.54) is 11.8 Å². The van der Waals surface area contributed by atoms with Crippen LogP contribution in [-0.2, 0) is 9.59 Å². The van der Waals surface area contributed by atoms with Crippen LogP contribution in [0.15, 0.2) is 174 Å². The van der Waals surface area contributed by atoms with Crippen LogP contribution in [-0.4, -0.2) is 24.8 Å². The molecule has 0 saturated carbocycles. The number of amides is 3. The van der Waals surface area contributed by atoms with Crippen LogP contribution in [0.4, 0.5) is 11.4 Å². The fourth-order valence-electron chi connectivity index (χ4n) is 5.34. The number of carbonyl (C=O) groups excluding carboxylic acids is 3. The minimum absolute atomic E-state index is 0.0766. The van der Waals surface area contributed by atoms with E-state index in [1.807, 2.05) is 115 Å². The van der Waals surface area contributed by atoms with Crippen LogP contribution >= 0.6 is 11.8 Å². The summed E-state index contributed by atoms with van der Waals surface area (Å²) in [6.07, 6.45) is 1.65. The van der Waals surface area contributed by atoms with Crippen molar-refractivity contribution in [2.75, 3.05) is 17.7 Å². The number of benzene rings is 6. The van der Waals surface area contributed by atoms with Crippen LogP contribution < -0.4 is 20.7 Å². The summed E-state index contributed by atoms with van der Waals surface area (Å²) in [6, 6.07) is 50.5. The molecule has 0 aliphatic rings. The molecule has 1 atom stereocenters. The van der Waals surface area contributed by atoms with Crippen molar-refractivity contribution < 1.29 is 19.1 Å². The predicted molar refractivity (Wildman–Crippen MR) is 205 cm³/mol. The van der Waals surface area contributed by atoms with Crippen LogP contribution in [0.25, 0.3) is 17.2 Å². The van der Waals surface area contributed by atoms with Gasteiger partial charge in [0.1, 0.15) is 16.7 Å². The van der Waals surface area contributed by atoms with Crippen molar-refractivity contribution in [3.8, 4) is 16.9 Å². The maximum absolute atomic E-state index is 13.8. The molecule has 0 radical (unpaired) electrons. The summed E-state index contributed by atoms with van der Waals surface area (Å²) in [5.41, 5.74) is 5.24. The Morgan fingerprint density at radius 3 is 1.98 bits per heavy atom. The Morgan fingerprint density at radius 1 is 0.647 bits per heavy atom. The number of ether oxygens (including phenoxy) is 1. The second kappa shape index (κ2) is 16.8. The largest absolute Gasteiger partial charge is 0.495 e. The normalized spacial score (nSPS) is 11.6. The number of hydrogen-bond acceptors (Lipinski definition) is 5. The lowest BCUT2D eigenvalue weighted by Crippen LogP contribution is -2.30. The summed E-state index contributed by atoms with van der Waals surface area (Å²) < 4.78 is 5.44. The standard InChI is InChI=1S/C43H35N3O4S/c1-50-39-23-12-11-22-37(39)45-43(49)40(33-16-7-3-8-17-33)51-36-21-13-20-35(29-36)44-42(48)38(46-41(47)34-18-9-4-10-19-34)28-30-24-26-32(27-25-30)31-14-5-2-6-15-31/h2-29,40H,1H3,(H,44,48)(H,45,49)(H,46,47)/b38-28+. The summed E-state index contributed by atoms with van der Waals surface area (Å²) in [4.78, 5) is 41.5. The van der Waals surface area contributed by atoms with Gasteiger partial charge in [0.2, 0.25) is 5.91 Å². The lowest BCUT2D eigenvalue weighted by Gasteiger charge is -2.19. The van der Waals surface area contributed by atoms with Gasteiger partial charge in [-0.3, -0.25) is 14.4 Å². The Labute approximate surface area is 301 Å². The average molecular weight is 690 g/mol. The molecular formula is C43H35N3O4S. The van der Waals surface area contributed by atoms with Crippen LogP contribution in [0.5, 0.6) is 5.75 Å². The summed E-state index contributed by atoms with van der Waals surface area (Å²) in [5.74, 6) is -0.573. The summed E-state index contributed by atoms with van der Waals surface area (Å²) in [6.45, 7) is 0. The highest BCUT2D eigenvalue weighted by Gasteiger charge is 2.24. The van der Waals surface area contributed by atoms with E-state index in [-0.39, 0.29) is 11.6 Å². The smallest absolute Gasteiger partial charge is 0.272 e. The SMILES string of the molecule is COc1ccccc1NC(=O)C(Sc1cccc(NC(=O)/C(=C\c2ccc(-c3ccccc3)cc2)NC(=O)c2ccccc2)c1)c1ccccc1. The molecule has 3 amide bonds. The maximum atomic E-state index is 13.8. The van der Waals surface area contributed by atoms with E-state index in [1.54, 1.807) is 61.7 Å². The van der Waals surface area contributed by atoms with E-state index < -0.39 is 17.1 Å². The lowest BCUT2D eigenvalue weighted by atomic mass is 10.0. The van der Waals surface area contributed by atoms with Gasteiger partial charge in [-0.25, -0.2) is 0 Å². The van der Waals surface area contributed by atoms with E-state index in [4.69, 9.17) is 4.74 Å². The van der Waals surface area contributed by atoms with Crippen molar-refractivity contribution in [1.29, 1.82) is 0 Å². The van der Waals surface area contributed by atoms with Gasteiger partial charge in [-0.1, -0.05) is 121 Å². The van der Waals surface area contributed by atoms with Gasteiger partial charge in [-0.2, -0.15) is 0 Å². The van der Waals surface area contributed by atoms with Crippen molar-refractivity contribution in [3.63, 3.8) is 0 Å². The monoisotopic (exact) mass is 689 g/mol. The van der Waals surface area contributed by atoms with Gasteiger partial charge in [0.15, 0.2) is 0 Å². The quantitative estimate of drug-likeness (QED) is 0.0880. The molecule has 0 fully saturated rings. The number of carbonyl (C=O) groups is 3. The molecule has 3 N–H and O–H groups in total. The minimum Gasteiger partial charge on any atom is -0.495 e. The molecule has 51 heavy (non-hydrogen) atoms. The molecule has 8 heteroatoms. The first-order valence-corrected chi connectivity index (χ1v) is 17.2. The van der Waals surface area contributed by atoms with Crippen molar-refractivity contribution in [2.45, 2.75) is 10.1 Å². The molecule has 1 unspecified atom stereocenters. The Hall–Kier alpha value is -6.38. The Kier molecular flexibility index (Phi) is 11.4. The fraction of sp³-hybridized carbons (Fsp3) is 0.0465. The van der Waals surface area contributed by atoms with Crippen molar-refractivity contribution >= 4 is 46.9 Å². The van der Waals surface area contributed by atoms with Gasteiger partial charge >= 0.3 is 0 Å². The topological polar surface area (TPSA) is 96.5 Å². The van der Waals surface area contributed by atoms with E-state index >= 15 is 0 Å². The second-order valence-corrected chi connectivity index (χ2v) is 12.6. The van der Waals surface area contributed by atoms with Crippen LogP contribution in [0.3, 0.4) is 0 Å². The van der Waals surface area contributed by atoms with Crippen molar-refractivity contribution in [2.24, 2.45) is 0 Å². The molecule has 7 nitrogen and oxygen atoms in total. The average Bonchev–Trinajstić information content (AvgIpc) is 3.18. The molecule has 0 heterocycles. The van der Waals surface area contributed by atoms with Crippen LogP contribution in [0.1, 0.15) is 26.7 Å². The third-order valence-electron chi connectivity index (χ3n) is 7.91. The molecule has 0 spiro atoms. The number of hydrogen-bond donors (Lipinski definition) is 3. The Bertz CT molecular complexity index is 2140. The molecule has 0 bridgehead atoms. The number of anilines is 2. The van der Waals surface area contributed by atoms with E-state index in [0.29, 0.717) is 22.7 Å². The van der Waals surface area contributed by atoms with Crippen LogP contribution in [0, 0.1) is 0 Å². The first kappa shape index (κ1) is 34.5. The third-order valence-corrected chi connectivity index (χ3v) is 9.16. The fourth-order valence-corrected chi connectivity index (χ4v) is 6.42. The summed E-state index contributed by atoms with van der Waals surface area (Å²) in [7, 11) is 1.56. The molecule has 0 saturated heterocycles. The van der Waals surface area contributed by atoms with E-state index in [0.717, 1.165) is 27.1 Å². The van der Waals surface area contributed by atoms with Gasteiger partial charge in [0.25, 0.3) is 11.8 Å². The maximum Gasteiger partial charge on any atom is 0.272 e. The molecule has 252 valence electrons. The zero-order valence-electron chi connectivity index (χ0n) is 27.8. The minimum atomic E-state index is -0.610. The van der Waals surface area contributed by atoms with Gasteiger partial charge in [-0.05, 0) is 70.8 Å². The first-order chi connectivity index (χ1) is 25.0. The number of methoxy groups -OCH3 is 1. The predicted octanol–water partition coefficient (Wildman–Crippen LogP) is 9.24. The highest BCUT2D eigenvalue weighted by atomic mass is 32.2. The third kappa shape index (κ3) is 9.20. The van der Waals surface area contributed by atoms with Crippen LogP contribution in [0.2, 0.25) is 0 Å². The Balaban J connectivity index is 1.24. The van der Waals surface area contributed by atoms with Gasteiger partial charge in [0, 0.05) is 16.1 Å². The summed E-state index contributed by atoms with van der Waals surface area (Å²) in [5, 5.41) is 8.14. The molecule has 6 aromatic carbocycles. The zero-order chi connectivity index (χ0) is 35.4. The Morgan fingerprint density at radius 2 is 1.27 bits per heavy atom. The van der Waals surface area contributed by atoms with E-state index in [2.05, 4.69) is 16.0 Å². The number of rotatable bonds is 12. The summed E-state index contributed by atoms with van der Waals surface area (Å²) >= 11 is 1.35. The molecular weight excluding hydrogens is 655 g/mol. The number of nitrogens with one attached hydrogen (secondary N) is 3. The van der Waals surface area contributed by atoms with Gasteiger partial charge < -0.3 is 20.7 Å². The van der Waals surface area contributed by atoms with Gasteiger partial charge in [0.05, 0.1) is 12.8 Å². The van der Waals surface area contributed by atoms with Crippen molar-refractivity contribution in [1.82, 2.24) is 5.32 Å². The highest BCUT2D eigenvalue weighted by molar-refractivity contribution is 8.00. The zero-order valence-corrected chi connectivity index (χ0v) is 28.6. The molecule has 0 aromatic heterocycles. The molecule has 0 aliphatic carbocycles. The molecule has 0 aliphatic heterocycles. The molecule has 6 aromatic rings. The van der Waals surface area contributed by atoms with Gasteiger partial charge in [-0.15, -0.1) is 11.8 Å². The number of thioether (sulfide) groups is 1. The second-order valence-electron chi connectivity index (χ2n) is 11.4. The lowest BCUT2D eigenvalue weighted by molar-refractivity contribution is -0.116. The highest BCUT2D eigenvalue weighted by Crippen LogP contribution is 2.38. The first-order valence-electron chi connectivity index (χ1n) is 16.3. The molecule has 6 rings (SSSR count). The van der Waals surface area contributed by atoms with E-state index in [9.17, 15) is 14.4 Å².